The number of aromatic nitrogens is 1. The molecule has 0 bridgehead atoms. The predicted octanol–water partition coefficient (Wildman–Crippen LogP) is 0.399. The Labute approximate surface area is 97.6 Å². The average molecular weight is 233 g/mol. The molecule has 0 amide bonds. The number of nitriles is 1. The minimum Gasteiger partial charge on any atom is -0.349 e. The predicted molar refractivity (Wildman–Crippen MR) is 60.4 cm³/mol. The van der Waals surface area contributed by atoms with Crippen molar-refractivity contribution in [3.8, 4) is 6.07 Å². The van der Waals surface area contributed by atoms with Crippen LogP contribution in [0.5, 0.6) is 0 Å². The average Bonchev–Trinajstić information content (AvgIpc) is 2.74. The number of anilines is 1. The van der Waals surface area contributed by atoms with E-state index >= 15 is 0 Å². The van der Waals surface area contributed by atoms with E-state index in [1.54, 1.807) is 4.90 Å². The Bertz CT molecular complexity index is 496. The minimum absolute atomic E-state index is 0.00199. The lowest BCUT2D eigenvalue weighted by Gasteiger charge is -2.16. The molecule has 1 aliphatic rings. The van der Waals surface area contributed by atoms with Crippen LogP contribution < -0.4 is 10.6 Å². The third kappa shape index (κ3) is 2.03. The number of hydrogen-bond donors (Lipinski definition) is 1. The monoisotopic (exact) mass is 233 g/mol. The van der Waals surface area contributed by atoms with Crippen LogP contribution in [0.3, 0.4) is 0 Å². The summed E-state index contributed by atoms with van der Waals surface area (Å²) in [5.74, 6) is 0.238. The Balaban J connectivity index is 2.47. The molecule has 1 aromatic rings. The van der Waals surface area contributed by atoms with Gasteiger partial charge in [0, 0.05) is 25.3 Å². The summed E-state index contributed by atoms with van der Waals surface area (Å²) in [6.45, 7) is 1.16. The van der Waals surface area contributed by atoms with Crippen LogP contribution in [0, 0.1) is 21.4 Å². The summed E-state index contributed by atoms with van der Waals surface area (Å²) in [5, 5.41) is 19.9. The van der Waals surface area contributed by atoms with Crippen molar-refractivity contribution in [1.29, 1.82) is 5.26 Å². The molecule has 2 rings (SSSR count). The maximum atomic E-state index is 11.0. The van der Waals surface area contributed by atoms with Gasteiger partial charge < -0.3 is 10.6 Å². The molecule has 1 aromatic heterocycles. The summed E-state index contributed by atoms with van der Waals surface area (Å²) >= 11 is 0. The Morgan fingerprint density at radius 2 is 2.47 bits per heavy atom. The van der Waals surface area contributed by atoms with E-state index in [0.717, 1.165) is 6.42 Å². The second-order valence-electron chi connectivity index (χ2n) is 3.89. The Kier molecular flexibility index (Phi) is 2.89. The zero-order chi connectivity index (χ0) is 12.4. The highest BCUT2D eigenvalue weighted by Crippen LogP contribution is 2.30. The lowest BCUT2D eigenvalue weighted by Crippen LogP contribution is -2.27. The van der Waals surface area contributed by atoms with Gasteiger partial charge in [0.15, 0.2) is 0 Å². The molecule has 0 radical (unpaired) electrons. The Morgan fingerprint density at radius 1 is 1.71 bits per heavy atom. The maximum absolute atomic E-state index is 11.0. The highest BCUT2D eigenvalue weighted by molar-refractivity contribution is 5.65. The van der Waals surface area contributed by atoms with Crippen molar-refractivity contribution >= 4 is 11.5 Å². The molecule has 0 spiro atoms. The number of rotatable bonds is 2. The molecule has 1 unspecified atom stereocenters. The van der Waals surface area contributed by atoms with Crippen molar-refractivity contribution in [3.05, 3.63) is 27.9 Å². The van der Waals surface area contributed by atoms with E-state index in [0.29, 0.717) is 13.1 Å². The summed E-state index contributed by atoms with van der Waals surface area (Å²) in [7, 11) is 0. The van der Waals surface area contributed by atoms with E-state index < -0.39 is 4.92 Å². The van der Waals surface area contributed by atoms with Gasteiger partial charge in [-0.15, -0.1) is 0 Å². The van der Waals surface area contributed by atoms with Crippen molar-refractivity contribution in [3.63, 3.8) is 0 Å². The van der Waals surface area contributed by atoms with Crippen LogP contribution in [-0.4, -0.2) is 29.0 Å². The number of pyridine rings is 1. The smallest absolute Gasteiger partial charge is 0.329 e. The van der Waals surface area contributed by atoms with Crippen molar-refractivity contribution < 1.29 is 4.92 Å². The molecule has 0 saturated carbocycles. The van der Waals surface area contributed by atoms with Crippen LogP contribution in [-0.2, 0) is 0 Å². The normalized spacial score (nSPS) is 19.1. The molecule has 1 atom stereocenters. The van der Waals surface area contributed by atoms with Crippen LogP contribution in [0.15, 0.2) is 12.3 Å². The van der Waals surface area contributed by atoms with Crippen LogP contribution in [0.4, 0.5) is 11.5 Å². The van der Waals surface area contributed by atoms with Crippen LogP contribution in [0.1, 0.15) is 12.0 Å². The van der Waals surface area contributed by atoms with E-state index in [1.165, 1.54) is 12.3 Å². The molecule has 1 aliphatic heterocycles. The molecule has 88 valence electrons. The number of nitro groups is 1. The van der Waals surface area contributed by atoms with Crippen molar-refractivity contribution in [2.45, 2.75) is 12.5 Å². The van der Waals surface area contributed by atoms with Gasteiger partial charge in [-0.3, -0.25) is 10.1 Å². The summed E-state index contributed by atoms with van der Waals surface area (Å²) in [5.41, 5.74) is 5.55. The molecule has 7 nitrogen and oxygen atoms in total. The highest BCUT2D eigenvalue weighted by Gasteiger charge is 2.29. The third-order valence-electron chi connectivity index (χ3n) is 2.73. The van der Waals surface area contributed by atoms with Crippen molar-refractivity contribution in [2.24, 2.45) is 5.73 Å². The molecule has 17 heavy (non-hydrogen) atoms. The highest BCUT2D eigenvalue weighted by atomic mass is 16.6. The second kappa shape index (κ2) is 4.35. The van der Waals surface area contributed by atoms with Gasteiger partial charge in [0.25, 0.3) is 0 Å². The first-order valence-corrected chi connectivity index (χ1v) is 5.17. The molecule has 0 aliphatic carbocycles. The third-order valence-corrected chi connectivity index (χ3v) is 2.73. The zero-order valence-corrected chi connectivity index (χ0v) is 9.04. The summed E-state index contributed by atoms with van der Waals surface area (Å²) in [4.78, 5) is 16.2. The quantitative estimate of drug-likeness (QED) is 0.584. The lowest BCUT2D eigenvalue weighted by molar-refractivity contribution is -0.384. The summed E-state index contributed by atoms with van der Waals surface area (Å²) in [6, 6.07) is 3.16. The molecular weight excluding hydrogens is 222 g/mol. The van der Waals surface area contributed by atoms with Crippen LogP contribution in [0.2, 0.25) is 0 Å². The van der Waals surface area contributed by atoms with Gasteiger partial charge in [-0.2, -0.15) is 5.26 Å². The van der Waals surface area contributed by atoms with Crippen LogP contribution in [0.25, 0.3) is 0 Å². The van der Waals surface area contributed by atoms with E-state index in [9.17, 15) is 10.1 Å². The Morgan fingerprint density at radius 3 is 3.00 bits per heavy atom. The fourth-order valence-corrected chi connectivity index (χ4v) is 1.92. The second-order valence-corrected chi connectivity index (χ2v) is 3.89. The van der Waals surface area contributed by atoms with Gasteiger partial charge in [0.05, 0.1) is 4.92 Å². The Hall–Kier alpha value is -2.20. The molecular formula is C10H11N5O2. The van der Waals surface area contributed by atoms with Crippen molar-refractivity contribution in [2.75, 3.05) is 18.0 Å². The molecule has 2 N–H and O–H groups in total. The zero-order valence-electron chi connectivity index (χ0n) is 9.04. The van der Waals surface area contributed by atoms with E-state index in [1.807, 2.05) is 6.07 Å². The standard InChI is InChI=1S/C10H11N5O2/c11-5-7-1-3-13-10(9(7)15(16)17)14-4-2-8(12)6-14/h1,3,8H,2,4,6,12H2. The fourth-order valence-electron chi connectivity index (χ4n) is 1.92. The molecule has 2 heterocycles. The SMILES string of the molecule is N#Cc1ccnc(N2CCC(N)C2)c1[N+](=O)[O-]. The molecule has 7 heteroatoms. The minimum atomic E-state index is -0.565. The maximum Gasteiger partial charge on any atom is 0.329 e. The van der Waals surface area contributed by atoms with E-state index in [2.05, 4.69) is 4.98 Å². The first-order chi connectivity index (χ1) is 8.13. The lowest BCUT2D eigenvalue weighted by atomic mass is 10.2. The molecule has 0 aromatic carbocycles. The van der Waals surface area contributed by atoms with Crippen molar-refractivity contribution in [1.82, 2.24) is 4.98 Å². The number of nitrogens with two attached hydrogens (primary N) is 1. The largest absolute Gasteiger partial charge is 0.349 e. The molecule has 1 saturated heterocycles. The number of nitrogens with zero attached hydrogens (tertiary/aromatic N) is 4. The summed E-state index contributed by atoms with van der Waals surface area (Å²) < 4.78 is 0. The number of hydrogen-bond acceptors (Lipinski definition) is 6. The first-order valence-electron chi connectivity index (χ1n) is 5.17. The topological polar surface area (TPSA) is 109 Å². The van der Waals surface area contributed by atoms with Gasteiger partial charge in [-0.25, -0.2) is 4.98 Å². The van der Waals surface area contributed by atoms with Gasteiger partial charge in [-0.1, -0.05) is 0 Å². The fraction of sp³-hybridized carbons (Fsp3) is 0.400. The van der Waals surface area contributed by atoms with Crippen LogP contribution >= 0.6 is 0 Å². The van der Waals surface area contributed by atoms with Gasteiger partial charge in [-0.05, 0) is 12.5 Å². The van der Waals surface area contributed by atoms with Gasteiger partial charge >= 0.3 is 5.69 Å². The van der Waals surface area contributed by atoms with Gasteiger partial charge in [0.2, 0.25) is 5.82 Å². The van der Waals surface area contributed by atoms with Gasteiger partial charge in [0.1, 0.15) is 11.6 Å². The summed E-state index contributed by atoms with van der Waals surface area (Å²) in [6.07, 6.45) is 2.18. The van der Waals surface area contributed by atoms with E-state index in [4.69, 9.17) is 11.0 Å². The molecule has 1 fully saturated rings. The van der Waals surface area contributed by atoms with E-state index in [-0.39, 0.29) is 23.1 Å². The first kappa shape index (κ1) is 11.3.